The van der Waals surface area contributed by atoms with Crippen LogP contribution in [0.25, 0.3) is 43.6 Å². The van der Waals surface area contributed by atoms with Crippen LogP contribution in [0.15, 0.2) is 66.8 Å². The second kappa shape index (κ2) is 7.55. The van der Waals surface area contributed by atoms with Crippen molar-refractivity contribution in [2.75, 3.05) is 0 Å². The van der Waals surface area contributed by atoms with Gasteiger partial charge < -0.3 is 4.74 Å². The largest absolute Gasteiger partial charge is 0.456 e. The normalized spacial score (nSPS) is 14.1. The number of aromatic nitrogens is 1. The van der Waals surface area contributed by atoms with Gasteiger partial charge in [-0.3, -0.25) is 4.98 Å². The van der Waals surface area contributed by atoms with Crippen LogP contribution in [0.1, 0.15) is 55.4 Å². The minimum Gasteiger partial charge on any atom is -0.456 e. The van der Waals surface area contributed by atoms with Gasteiger partial charge in [-0.2, -0.15) is 0 Å². The first-order valence-corrected chi connectivity index (χ1v) is 12.5. The molecule has 35 heavy (non-hydrogen) atoms. The van der Waals surface area contributed by atoms with Crippen LogP contribution in [-0.4, -0.2) is 4.98 Å². The van der Waals surface area contributed by atoms with E-state index < -0.39 is 0 Å². The summed E-state index contributed by atoms with van der Waals surface area (Å²) in [4.78, 5) is 4.71. The maximum atomic E-state index is 8.88. The van der Waals surface area contributed by atoms with Crippen molar-refractivity contribution in [1.82, 2.24) is 4.98 Å². The Balaban J connectivity index is 1.75. The summed E-state index contributed by atoms with van der Waals surface area (Å²) < 4.78 is 24.4. The minimum atomic E-state index is 0.000513. The summed E-state index contributed by atoms with van der Waals surface area (Å²) >= 11 is 0. The quantitative estimate of drug-likeness (QED) is 0.240. The SMILES string of the molecule is [2H]c1nc2c3c(cc4c(CC(C)(C)C)cccc4c3c1[2H])Oc1c-2cc2ccccc2c1CC(C)(C)C. The molecule has 0 N–H and O–H groups in total. The van der Waals surface area contributed by atoms with E-state index in [0.29, 0.717) is 0 Å². The molecule has 0 unspecified atom stereocenters. The summed E-state index contributed by atoms with van der Waals surface area (Å²) in [5, 5.41) is 6.00. The highest BCUT2D eigenvalue weighted by atomic mass is 16.5. The van der Waals surface area contributed by atoms with Crippen LogP contribution < -0.4 is 4.74 Å². The number of fused-ring (bicyclic) bond motifs is 5. The number of benzene rings is 4. The summed E-state index contributed by atoms with van der Waals surface area (Å²) in [6.07, 6.45) is 1.76. The Bertz CT molecular complexity index is 1740. The number of hydrogen-bond donors (Lipinski definition) is 0. The van der Waals surface area contributed by atoms with Crippen LogP contribution in [-0.2, 0) is 12.8 Å². The number of nitrogens with zero attached hydrogens (tertiary/aromatic N) is 1. The van der Waals surface area contributed by atoms with E-state index >= 15 is 0 Å². The van der Waals surface area contributed by atoms with Crippen molar-refractivity contribution in [2.24, 2.45) is 10.8 Å². The van der Waals surface area contributed by atoms with E-state index in [1.54, 1.807) is 0 Å². The Kier molecular flexibility index (Phi) is 4.29. The fourth-order valence-electron chi connectivity index (χ4n) is 5.54. The molecule has 1 aromatic heterocycles. The predicted molar refractivity (Wildman–Crippen MR) is 149 cm³/mol. The molecule has 2 heterocycles. The Labute approximate surface area is 210 Å². The van der Waals surface area contributed by atoms with E-state index in [0.717, 1.165) is 62.5 Å². The number of rotatable bonds is 2. The molecule has 0 saturated heterocycles. The summed E-state index contributed by atoms with van der Waals surface area (Å²) in [7, 11) is 0. The lowest BCUT2D eigenvalue weighted by atomic mass is 9.83. The molecule has 1 aliphatic rings. The minimum absolute atomic E-state index is 0.000513. The van der Waals surface area contributed by atoms with Crippen molar-refractivity contribution in [2.45, 2.75) is 54.4 Å². The average Bonchev–Trinajstić information content (AvgIpc) is 2.80. The monoisotopic (exact) mass is 461 g/mol. The van der Waals surface area contributed by atoms with Crippen molar-refractivity contribution in [1.29, 1.82) is 0 Å². The molecule has 0 spiro atoms. The molecular weight excluding hydrogens is 426 g/mol. The molecule has 0 atom stereocenters. The summed E-state index contributed by atoms with van der Waals surface area (Å²) in [6.45, 7) is 13.5. The van der Waals surface area contributed by atoms with Crippen molar-refractivity contribution in [3.63, 3.8) is 0 Å². The summed E-state index contributed by atoms with van der Waals surface area (Å²) in [5.74, 6) is 1.57. The van der Waals surface area contributed by atoms with Gasteiger partial charge in [0.25, 0.3) is 0 Å². The van der Waals surface area contributed by atoms with E-state index in [1.165, 1.54) is 16.5 Å². The van der Waals surface area contributed by atoms with Crippen molar-refractivity contribution < 1.29 is 7.48 Å². The van der Waals surface area contributed by atoms with Gasteiger partial charge in [0.2, 0.25) is 0 Å². The molecule has 176 valence electrons. The zero-order chi connectivity index (χ0) is 26.3. The molecule has 0 radical (unpaired) electrons. The van der Waals surface area contributed by atoms with Crippen LogP contribution in [0, 0.1) is 10.8 Å². The molecule has 6 rings (SSSR count). The third-order valence-electron chi connectivity index (χ3n) is 6.82. The van der Waals surface area contributed by atoms with Gasteiger partial charge in [-0.05, 0) is 74.3 Å². The molecule has 2 nitrogen and oxygen atoms in total. The van der Waals surface area contributed by atoms with E-state index in [2.05, 4.69) is 96.1 Å². The zero-order valence-corrected chi connectivity index (χ0v) is 21.5. The van der Waals surface area contributed by atoms with Gasteiger partial charge in [0.1, 0.15) is 11.5 Å². The lowest BCUT2D eigenvalue weighted by Crippen LogP contribution is -2.12. The molecule has 0 fully saturated rings. The van der Waals surface area contributed by atoms with Crippen LogP contribution >= 0.6 is 0 Å². The summed E-state index contributed by atoms with van der Waals surface area (Å²) in [6, 6.07) is 19.2. The van der Waals surface area contributed by atoms with Gasteiger partial charge in [-0.15, -0.1) is 0 Å². The van der Waals surface area contributed by atoms with Crippen LogP contribution in [0.5, 0.6) is 11.5 Å². The van der Waals surface area contributed by atoms with E-state index in [-0.39, 0.29) is 23.0 Å². The van der Waals surface area contributed by atoms with Crippen molar-refractivity contribution in [3.8, 4) is 22.8 Å². The number of pyridine rings is 1. The first-order valence-electron chi connectivity index (χ1n) is 13.5. The topological polar surface area (TPSA) is 22.1 Å². The highest BCUT2D eigenvalue weighted by molar-refractivity contribution is 6.17. The molecule has 0 aliphatic carbocycles. The number of hydrogen-bond acceptors (Lipinski definition) is 2. The fourth-order valence-corrected chi connectivity index (χ4v) is 5.54. The van der Waals surface area contributed by atoms with E-state index in [1.807, 2.05) is 0 Å². The van der Waals surface area contributed by atoms with Gasteiger partial charge in [-0.1, -0.05) is 84.0 Å². The Hall–Kier alpha value is -3.39. The molecule has 5 aromatic rings. The smallest absolute Gasteiger partial charge is 0.140 e. The first-order chi connectivity index (χ1) is 17.4. The standard InChI is InChI=1S/C33H33NO/c1-32(2,3)18-21-11-9-13-23-24-14-15-34-30-26-16-20-10-7-8-12-22(20)27(19-33(4,5)6)31(26)35-28(29(24)30)17-25(21)23/h7-17H,18-19H2,1-6H3/i14D,15D. The average molecular weight is 462 g/mol. The van der Waals surface area contributed by atoms with Gasteiger partial charge in [-0.25, -0.2) is 0 Å². The molecule has 2 heteroatoms. The molecule has 0 saturated carbocycles. The first kappa shape index (κ1) is 19.9. The van der Waals surface area contributed by atoms with Crippen LogP contribution in [0.3, 0.4) is 0 Å². The number of ether oxygens (including phenoxy) is 1. The predicted octanol–water partition coefficient (Wildman–Crippen LogP) is 9.49. The molecule has 4 aromatic carbocycles. The molecule has 0 bridgehead atoms. The third-order valence-corrected chi connectivity index (χ3v) is 6.82. The van der Waals surface area contributed by atoms with E-state index in [4.69, 9.17) is 12.5 Å². The Morgan fingerprint density at radius 2 is 1.54 bits per heavy atom. The van der Waals surface area contributed by atoms with E-state index in [9.17, 15) is 0 Å². The Morgan fingerprint density at radius 1 is 0.800 bits per heavy atom. The maximum absolute atomic E-state index is 8.88. The fraction of sp³-hybridized carbons (Fsp3) is 0.303. The van der Waals surface area contributed by atoms with Gasteiger partial charge in [0, 0.05) is 17.3 Å². The lowest BCUT2D eigenvalue weighted by molar-refractivity contribution is 0.400. The van der Waals surface area contributed by atoms with Crippen molar-refractivity contribution in [3.05, 3.63) is 77.9 Å². The van der Waals surface area contributed by atoms with Gasteiger partial charge in [0.15, 0.2) is 0 Å². The van der Waals surface area contributed by atoms with Crippen molar-refractivity contribution >= 4 is 32.3 Å². The second-order valence-electron chi connectivity index (χ2n) is 12.4. The molecule has 0 amide bonds. The highest BCUT2D eigenvalue weighted by Crippen LogP contribution is 2.51. The molecule has 1 aliphatic heterocycles. The second-order valence-corrected chi connectivity index (χ2v) is 12.4. The summed E-state index contributed by atoms with van der Waals surface area (Å²) in [5.41, 5.74) is 4.23. The lowest BCUT2D eigenvalue weighted by Gasteiger charge is -2.28. The zero-order valence-electron chi connectivity index (χ0n) is 23.5. The van der Waals surface area contributed by atoms with Crippen LogP contribution in [0.2, 0.25) is 0 Å². The van der Waals surface area contributed by atoms with Gasteiger partial charge in [0.05, 0.1) is 13.8 Å². The maximum Gasteiger partial charge on any atom is 0.140 e. The third kappa shape index (κ3) is 3.76. The highest BCUT2D eigenvalue weighted by Gasteiger charge is 2.28. The Morgan fingerprint density at radius 3 is 2.31 bits per heavy atom. The molecular formula is C33H33NO. The van der Waals surface area contributed by atoms with Crippen LogP contribution in [0.4, 0.5) is 0 Å². The van der Waals surface area contributed by atoms with Gasteiger partial charge >= 0.3 is 0 Å².